The van der Waals surface area contributed by atoms with E-state index in [0.29, 0.717) is 18.1 Å². The number of benzene rings is 1. The summed E-state index contributed by atoms with van der Waals surface area (Å²) < 4.78 is 44.9. The number of aromatic nitrogens is 2. The van der Waals surface area contributed by atoms with E-state index in [0.717, 1.165) is 43.6 Å². The van der Waals surface area contributed by atoms with Gasteiger partial charge in [-0.1, -0.05) is 39.2 Å². The maximum Gasteiger partial charge on any atom is 0.387 e. The number of rotatable bonds is 6. The fourth-order valence-corrected chi connectivity index (χ4v) is 4.47. The summed E-state index contributed by atoms with van der Waals surface area (Å²) in [4.78, 5) is 24.0. The molecule has 3 aromatic rings. The third-order valence-corrected chi connectivity index (χ3v) is 6.28. The molecular formula is C29H39F3N4O4. The first kappa shape index (κ1) is 32.5. The van der Waals surface area contributed by atoms with Gasteiger partial charge in [0.15, 0.2) is 0 Å². The van der Waals surface area contributed by atoms with Crippen LogP contribution >= 0.6 is 0 Å². The van der Waals surface area contributed by atoms with E-state index in [2.05, 4.69) is 36.9 Å². The van der Waals surface area contributed by atoms with Gasteiger partial charge in [0.2, 0.25) is 0 Å². The quantitative estimate of drug-likeness (QED) is 0.357. The van der Waals surface area contributed by atoms with Gasteiger partial charge in [-0.2, -0.15) is 13.9 Å². The first-order valence-corrected chi connectivity index (χ1v) is 13.6. The Morgan fingerprint density at radius 3 is 2.35 bits per heavy atom. The number of hydrogen-bond donors (Lipinski definition) is 1. The van der Waals surface area contributed by atoms with Crippen molar-refractivity contribution in [3.8, 4) is 5.75 Å². The molecule has 8 nitrogen and oxygen atoms in total. The number of anilines is 1. The van der Waals surface area contributed by atoms with Crippen LogP contribution in [0, 0.1) is 5.82 Å². The molecule has 0 unspecified atom stereocenters. The predicted molar refractivity (Wildman–Crippen MR) is 148 cm³/mol. The molecule has 0 bridgehead atoms. The van der Waals surface area contributed by atoms with E-state index in [1.54, 1.807) is 10.7 Å². The largest absolute Gasteiger partial charge is 0.471 e. The predicted octanol–water partition coefficient (Wildman–Crippen LogP) is 6.24. The Kier molecular flexibility index (Phi) is 14.4. The number of ether oxygens (including phenoxy) is 2. The Hall–Kier alpha value is -3.76. The smallest absolute Gasteiger partial charge is 0.387 e. The topological polar surface area (TPSA) is 85.2 Å². The van der Waals surface area contributed by atoms with Crippen molar-refractivity contribution in [3.63, 3.8) is 0 Å². The van der Waals surface area contributed by atoms with Crippen LogP contribution in [0.4, 0.5) is 18.9 Å². The molecule has 3 heterocycles. The van der Waals surface area contributed by atoms with Crippen molar-refractivity contribution in [1.82, 2.24) is 14.9 Å². The first-order valence-electron chi connectivity index (χ1n) is 13.6. The molecule has 1 aliphatic carbocycles. The van der Waals surface area contributed by atoms with Gasteiger partial charge in [-0.05, 0) is 49.9 Å². The lowest BCUT2D eigenvalue weighted by Gasteiger charge is -2.22. The third kappa shape index (κ3) is 10.4. The van der Waals surface area contributed by atoms with Crippen LogP contribution in [-0.4, -0.2) is 54.8 Å². The minimum atomic E-state index is -2.91. The molecular weight excluding hydrogens is 525 g/mol. The van der Waals surface area contributed by atoms with Gasteiger partial charge in [-0.15, -0.1) is 0 Å². The minimum absolute atomic E-state index is 0.0190. The summed E-state index contributed by atoms with van der Waals surface area (Å²) >= 11 is 0. The highest BCUT2D eigenvalue weighted by Gasteiger charge is 2.20. The second-order valence-corrected chi connectivity index (χ2v) is 8.94. The number of alkyl halides is 2. The van der Waals surface area contributed by atoms with E-state index in [-0.39, 0.29) is 11.7 Å². The van der Waals surface area contributed by atoms with Crippen molar-refractivity contribution in [2.24, 2.45) is 0 Å². The molecule has 220 valence electrons. The highest BCUT2D eigenvalue weighted by atomic mass is 19.3. The van der Waals surface area contributed by atoms with Crippen LogP contribution < -0.4 is 15.0 Å². The van der Waals surface area contributed by atoms with Crippen molar-refractivity contribution < 1.29 is 32.2 Å². The summed E-state index contributed by atoms with van der Waals surface area (Å²) in [7, 11) is 1.31. The number of nitrogens with one attached hydrogen (secondary N) is 1. The SMILES string of the molecule is CC.COC=O.Fc1cccc(OC(F)F)c1.O=C(NC1CCCCC1)c1cnn2ccc(N3CCCC3)cc12. The van der Waals surface area contributed by atoms with Crippen LogP contribution in [0.5, 0.6) is 5.75 Å². The molecule has 1 amide bonds. The lowest BCUT2D eigenvalue weighted by molar-refractivity contribution is -0.126. The average Bonchev–Trinajstić information content (AvgIpc) is 3.65. The van der Waals surface area contributed by atoms with E-state index in [1.807, 2.05) is 20.0 Å². The van der Waals surface area contributed by atoms with E-state index in [4.69, 9.17) is 4.79 Å². The summed E-state index contributed by atoms with van der Waals surface area (Å²) in [6.45, 7) is 3.68. The zero-order valence-electron chi connectivity index (χ0n) is 23.3. The zero-order chi connectivity index (χ0) is 29.3. The summed E-state index contributed by atoms with van der Waals surface area (Å²) in [5, 5.41) is 7.53. The van der Waals surface area contributed by atoms with Gasteiger partial charge in [0.25, 0.3) is 12.4 Å². The second kappa shape index (κ2) is 17.8. The molecule has 0 spiro atoms. The maximum absolute atomic E-state index is 12.6. The van der Waals surface area contributed by atoms with Crippen molar-refractivity contribution in [1.29, 1.82) is 0 Å². The fraction of sp³-hybridized carbons (Fsp3) is 0.483. The summed E-state index contributed by atoms with van der Waals surface area (Å²) in [6, 6.07) is 9.13. The van der Waals surface area contributed by atoms with Gasteiger partial charge in [0.1, 0.15) is 11.6 Å². The van der Waals surface area contributed by atoms with Crippen LogP contribution in [0.3, 0.4) is 0 Å². The van der Waals surface area contributed by atoms with Gasteiger partial charge in [-0.3, -0.25) is 9.59 Å². The van der Waals surface area contributed by atoms with Gasteiger partial charge in [0.05, 0.1) is 24.4 Å². The molecule has 0 atom stereocenters. The molecule has 2 aliphatic rings. The van der Waals surface area contributed by atoms with Gasteiger partial charge >= 0.3 is 6.61 Å². The van der Waals surface area contributed by atoms with Gasteiger partial charge in [-0.25, -0.2) is 8.91 Å². The zero-order valence-corrected chi connectivity index (χ0v) is 23.3. The molecule has 2 aromatic heterocycles. The molecule has 1 N–H and O–H groups in total. The standard InChI is InChI=1S/C18H24N4O.C7H5F3O.C2H4O2.C2H6/c23-18(20-14-6-2-1-3-7-14)16-13-19-22-11-8-15(12-17(16)22)21-9-4-5-10-21;8-5-2-1-3-6(4-5)11-7(9)10;1-4-2-3;1-2/h8,11-14H,1-7,9-10H2,(H,20,23);1-4,7H;2H,1H3;1-2H3. The Labute approximate surface area is 233 Å². The lowest BCUT2D eigenvalue weighted by atomic mass is 9.95. The average molecular weight is 565 g/mol. The molecule has 1 saturated heterocycles. The van der Waals surface area contributed by atoms with Crippen LogP contribution in [0.2, 0.25) is 0 Å². The summed E-state index contributed by atoms with van der Waals surface area (Å²) in [5.41, 5.74) is 2.79. The third-order valence-electron chi connectivity index (χ3n) is 6.28. The number of amides is 1. The normalized spacial score (nSPS) is 14.6. The number of pyridine rings is 1. The maximum atomic E-state index is 12.6. The number of halogens is 3. The van der Waals surface area contributed by atoms with Crippen molar-refractivity contribution in [2.45, 2.75) is 71.4 Å². The lowest BCUT2D eigenvalue weighted by Crippen LogP contribution is -2.36. The van der Waals surface area contributed by atoms with Crippen LogP contribution in [0.25, 0.3) is 5.52 Å². The second-order valence-electron chi connectivity index (χ2n) is 8.94. The summed E-state index contributed by atoms with van der Waals surface area (Å²) in [6.07, 6.45) is 12.1. The Bertz CT molecular complexity index is 1160. The van der Waals surface area contributed by atoms with E-state index in [1.165, 1.54) is 57.0 Å². The molecule has 1 saturated carbocycles. The number of nitrogens with zero attached hydrogens (tertiary/aromatic N) is 3. The molecule has 2 fully saturated rings. The molecule has 1 aliphatic heterocycles. The van der Waals surface area contributed by atoms with Gasteiger partial charge < -0.3 is 19.7 Å². The van der Waals surface area contributed by atoms with Crippen molar-refractivity contribution in [3.05, 3.63) is 60.2 Å². The van der Waals surface area contributed by atoms with Crippen LogP contribution in [-0.2, 0) is 9.53 Å². The van der Waals surface area contributed by atoms with Gasteiger partial charge in [0, 0.05) is 37.1 Å². The Morgan fingerprint density at radius 1 is 1.07 bits per heavy atom. The Morgan fingerprint density at radius 2 is 1.75 bits per heavy atom. The molecule has 11 heteroatoms. The molecule has 1 aromatic carbocycles. The highest BCUT2D eigenvalue weighted by Crippen LogP contribution is 2.24. The molecule has 40 heavy (non-hydrogen) atoms. The van der Waals surface area contributed by atoms with E-state index < -0.39 is 12.4 Å². The number of carbonyl (C=O) groups excluding carboxylic acids is 2. The first-order chi connectivity index (χ1) is 19.4. The highest BCUT2D eigenvalue weighted by molar-refractivity contribution is 6.01. The van der Waals surface area contributed by atoms with Crippen LogP contribution in [0.15, 0.2) is 48.8 Å². The van der Waals surface area contributed by atoms with Crippen molar-refractivity contribution in [2.75, 3.05) is 25.1 Å². The van der Waals surface area contributed by atoms with Crippen LogP contribution in [0.1, 0.15) is 69.2 Å². The number of hydrogen-bond acceptors (Lipinski definition) is 6. The number of methoxy groups -OCH3 is 1. The fourth-order valence-electron chi connectivity index (χ4n) is 4.47. The van der Waals surface area contributed by atoms with Crippen molar-refractivity contribution >= 4 is 23.6 Å². The van der Waals surface area contributed by atoms with E-state index >= 15 is 0 Å². The monoisotopic (exact) mass is 564 g/mol. The van der Waals surface area contributed by atoms with E-state index in [9.17, 15) is 18.0 Å². The summed E-state index contributed by atoms with van der Waals surface area (Å²) in [5.74, 6) is -0.742. The Balaban J connectivity index is 0.000000276. The number of fused-ring (bicyclic) bond motifs is 1. The minimum Gasteiger partial charge on any atom is -0.471 e. The molecule has 0 radical (unpaired) electrons. The number of carbonyl (C=O) groups is 2. The molecule has 5 rings (SSSR count).